The number of nitrogens with zero attached hydrogens (tertiary/aromatic N) is 1. The summed E-state index contributed by atoms with van der Waals surface area (Å²) < 4.78 is 11.3. The van der Waals surface area contributed by atoms with Crippen molar-refractivity contribution in [3.8, 4) is 11.5 Å². The molecule has 0 spiro atoms. The third kappa shape index (κ3) is 5.22. The zero-order valence-electron chi connectivity index (χ0n) is 17.4. The lowest BCUT2D eigenvalue weighted by Crippen LogP contribution is -2.23. The van der Waals surface area contributed by atoms with E-state index in [0.29, 0.717) is 37.5 Å². The van der Waals surface area contributed by atoms with E-state index >= 15 is 0 Å². The van der Waals surface area contributed by atoms with E-state index in [1.54, 1.807) is 19.5 Å². The molecule has 4 aromatic rings. The van der Waals surface area contributed by atoms with Gasteiger partial charge in [-0.2, -0.15) is 0 Å². The molecule has 2 N–H and O–H groups in total. The van der Waals surface area contributed by atoms with E-state index in [2.05, 4.69) is 21.4 Å². The smallest absolute Gasteiger partial charge is 0.220 e. The highest BCUT2D eigenvalue weighted by atomic mass is 16.5. The Morgan fingerprint density at radius 1 is 1.03 bits per heavy atom. The van der Waals surface area contributed by atoms with Gasteiger partial charge in [0.2, 0.25) is 5.91 Å². The standard InChI is InChI=1S/C25H25N3O3/c1-30-24-14-19(6-8-23(24)31-17-18-10-12-26-13-11-18)15-28-25(29)9-7-20-16-27-22-5-3-2-4-21(20)22/h2-6,8,10-14,16,27H,7,9,15,17H2,1H3,(H,28,29). The Labute approximate surface area is 181 Å². The number of carbonyl (C=O) groups excluding carboxylic acids is 1. The van der Waals surface area contributed by atoms with E-state index in [0.717, 1.165) is 22.2 Å². The van der Waals surface area contributed by atoms with Gasteiger partial charge in [0.1, 0.15) is 6.61 Å². The van der Waals surface area contributed by atoms with E-state index < -0.39 is 0 Å². The van der Waals surface area contributed by atoms with Crippen molar-refractivity contribution in [1.82, 2.24) is 15.3 Å². The Hall–Kier alpha value is -3.80. The zero-order chi connectivity index (χ0) is 21.5. The van der Waals surface area contributed by atoms with Gasteiger partial charge >= 0.3 is 0 Å². The molecule has 0 bridgehead atoms. The maximum atomic E-state index is 12.3. The molecule has 2 aromatic heterocycles. The molecule has 0 aliphatic rings. The van der Waals surface area contributed by atoms with Crippen LogP contribution in [0.25, 0.3) is 10.9 Å². The molecular formula is C25H25N3O3. The summed E-state index contributed by atoms with van der Waals surface area (Å²) in [5, 5.41) is 4.15. The summed E-state index contributed by atoms with van der Waals surface area (Å²) in [5.41, 5.74) is 4.23. The second-order valence-electron chi connectivity index (χ2n) is 7.27. The lowest BCUT2D eigenvalue weighted by Gasteiger charge is -2.13. The molecule has 6 nitrogen and oxygen atoms in total. The molecule has 0 radical (unpaired) electrons. The number of hydrogen-bond donors (Lipinski definition) is 2. The number of rotatable bonds is 9. The highest BCUT2D eigenvalue weighted by Gasteiger charge is 2.09. The van der Waals surface area contributed by atoms with Crippen LogP contribution in [0.1, 0.15) is 23.1 Å². The van der Waals surface area contributed by atoms with Crippen LogP contribution >= 0.6 is 0 Å². The van der Waals surface area contributed by atoms with Crippen molar-refractivity contribution >= 4 is 16.8 Å². The number of fused-ring (bicyclic) bond motifs is 1. The van der Waals surface area contributed by atoms with Crippen molar-refractivity contribution in [3.05, 3.63) is 89.9 Å². The van der Waals surface area contributed by atoms with Crippen LogP contribution in [0.3, 0.4) is 0 Å². The summed E-state index contributed by atoms with van der Waals surface area (Å²) in [5.74, 6) is 1.32. The van der Waals surface area contributed by atoms with E-state index in [1.165, 1.54) is 5.39 Å². The van der Waals surface area contributed by atoms with Gasteiger partial charge in [-0.1, -0.05) is 24.3 Å². The number of carbonyl (C=O) groups is 1. The number of nitrogens with one attached hydrogen (secondary N) is 2. The first-order valence-electron chi connectivity index (χ1n) is 10.2. The molecular weight excluding hydrogens is 390 g/mol. The number of aromatic amines is 1. The Morgan fingerprint density at radius 3 is 2.71 bits per heavy atom. The molecule has 0 saturated carbocycles. The molecule has 31 heavy (non-hydrogen) atoms. The molecule has 0 unspecified atom stereocenters. The highest BCUT2D eigenvalue weighted by molar-refractivity contribution is 5.84. The van der Waals surface area contributed by atoms with Gasteiger partial charge in [-0.25, -0.2) is 0 Å². The highest BCUT2D eigenvalue weighted by Crippen LogP contribution is 2.29. The fourth-order valence-electron chi connectivity index (χ4n) is 3.46. The first kappa shape index (κ1) is 20.5. The fraction of sp³-hybridized carbons (Fsp3) is 0.200. The average molecular weight is 415 g/mol. The summed E-state index contributed by atoms with van der Waals surface area (Å²) in [6.45, 7) is 0.872. The lowest BCUT2D eigenvalue weighted by atomic mass is 10.1. The number of aryl methyl sites for hydroxylation is 1. The molecule has 2 aromatic carbocycles. The average Bonchev–Trinajstić information content (AvgIpc) is 3.24. The Balaban J connectivity index is 1.30. The monoisotopic (exact) mass is 415 g/mol. The predicted molar refractivity (Wildman–Crippen MR) is 120 cm³/mol. The summed E-state index contributed by atoms with van der Waals surface area (Å²) in [6.07, 6.45) is 6.58. The molecule has 0 aliphatic heterocycles. The lowest BCUT2D eigenvalue weighted by molar-refractivity contribution is -0.121. The van der Waals surface area contributed by atoms with Crippen molar-refractivity contribution in [2.75, 3.05) is 7.11 Å². The minimum absolute atomic E-state index is 0.0160. The molecule has 0 aliphatic carbocycles. The molecule has 0 fully saturated rings. The van der Waals surface area contributed by atoms with E-state index in [9.17, 15) is 4.79 Å². The van der Waals surface area contributed by atoms with Crippen molar-refractivity contribution < 1.29 is 14.3 Å². The molecule has 0 saturated heterocycles. The van der Waals surface area contributed by atoms with E-state index in [-0.39, 0.29) is 5.91 Å². The number of methoxy groups -OCH3 is 1. The predicted octanol–water partition coefficient (Wildman–Crippen LogP) is 4.40. The van der Waals surface area contributed by atoms with Gasteiger partial charge in [0.25, 0.3) is 0 Å². The first-order chi connectivity index (χ1) is 15.2. The van der Waals surface area contributed by atoms with Crippen LogP contribution in [-0.2, 0) is 24.4 Å². The molecule has 158 valence electrons. The summed E-state index contributed by atoms with van der Waals surface area (Å²) >= 11 is 0. The van der Waals surface area contributed by atoms with Crippen LogP contribution in [0.5, 0.6) is 11.5 Å². The van der Waals surface area contributed by atoms with Gasteiger partial charge in [-0.15, -0.1) is 0 Å². The van der Waals surface area contributed by atoms with Gasteiger partial charge in [-0.3, -0.25) is 9.78 Å². The van der Waals surface area contributed by atoms with Gasteiger partial charge in [0, 0.05) is 42.5 Å². The molecule has 1 amide bonds. The second kappa shape index (κ2) is 9.80. The number of aromatic nitrogens is 2. The van der Waals surface area contributed by atoms with Crippen molar-refractivity contribution in [3.63, 3.8) is 0 Å². The molecule has 4 rings (SSSR count). The van der Waals surface area contributed by atoms with Crippen LogP contribution in [0.2, 0.25) is 0 Å². The summed E-state index contributed by atoms with van der Waals surface area (Å²) in [4.78, 5) is 19.6. The number of H-pyrrole nitrogens is 1. The normalized spacial score (nSPS) is 10.7. The number of para-hydroxylation sites is 1. The van der Waals surface area contributed by atoms with Crippen LogP contribution in [-0.4, -0.2) is 23.0 Å². The van der Waals surface area contributed by atoms with Gasteiger partial charge in [-0.05, 0) is 53.4 Å². The minimum atomic E-state index is 0.0160. The van der Waals surface area contributed by atoms with Crippen molar-refractivity contribution in [1.29, 1.82) is 0 Å². The number of ether oxygens (including phenoxy) is 2. The van der Waals surface area contributed by atoms with Gasteiger partial charge in [0.05, 0.1) is 7.11 Å². The van der Waals surface area contributed by atoms with Crippen molar-refractivity contribution in [2.45, 2.75) is 26.0 Å². The number of pyridine rings is 1. The topological polar surface area (TPSA) is 76.2 Å². The van der Waals surface area contributed by atoms with Crippen LogP contribution in [0, 0.1) is 0 Å². The van der Waals surface area contributed by atoms with Gasteiger partial charge in [0.15, 0.2) is 11.5 Å². The molecule has 6 heteroatoms. The van der Waals surface area contributed by atoms with Crippen LogP contribution < -0.4 is 14.8 Å². The third-order valence-electron chi connectivity index (χ3n) is 5.16. The Bertz CT molecular complexity index is 1160. The zero-order valence-corrected chi connectivity index (χ0v) is 17.4. The van der Waals surface area contributed by atoms with Crippen LogP contribution in [0.4, 0.5) is 0 Å². The summed E-state index contributed by atoms with van der Waals surface area (Å²) in [7, 11) is 1.61. The van der Waals surface area contributed by atoms with Crippen molar-refractivity contribution in [2.24, 2.45) is 0 Å². The number of amides is 1. The second-order valence-corrected chi connectivity index (χ2v) is 7.27. The van der Waals surface area contributed by atoms with Gasteiger partial charge < -0.3 is 19.8 Å². The number of benzene rings is 2. The Kier molecular flexibility index (Phi) is 6.47. The molecule has 0 atom stereocenters. The number of hydrogen-bond acceptors (Lipinski definition) is 4. The van der Waals surface area contributed by atoms with E-state index in [4.69, 9.17) is 9.47 Å². The van der Waals surface area contributed by atoms with Crippen LogP contribution in [0.15, 0.2) is 73.2 Å². The maximum absolute atomic E-state index is 12.3. The summed E-state index contributed by atoms with van der Waals surface area (Å²) in [6, 6.07) is 17.6. The third-order valence-corrected chi connectivity index (χ3v) is 5.16. The SMILES string of the molecule is COc1cc(CNC(=O)CCc2c[nH]c3ccccc23)ccc1OCc1ccncc1. The van der Waals surface area contributed by atoms with E-state index in [1.807, 2.05) is 54.7 Å². The fourth-order valence-corrected chi connectivity index (χ4v) is 3.46. The Morgan fingerprint density at radius 2 is 1.87 bits per heavy atom. The maximum Gasteiger partial charge on any atom is 0.220 e. The minimum Gasteiger partial charge on any atom is -0.493 e. The molecule has 2 heterocycles. The largest absolute Gasteiger partial charge is 0.493 e. The quantitative estimate of drug-likeness (QED) is 0.425. The first-order valence-corrected chi connectivity index (χ1v) is 10.2.